The smallest absolute Gasteiger partial charge is 0.254 e. The number of carbonyl (C=O) groups excluding carboxylic acids is 2. The zero-order valence-corrected chi connectivity index (χ0v) is 22.8. The number of aromatic amines is 1. The van der Waals surface area contributed by atoms with E-state index in [9.17, 15) is 23.5 Å². The number of H-pyrrole nitrogens is 1. The van der Waals surface area contributed by atoms with Crippen LogP contribution in [0.4, 0.5) is 8.78 Å². The van der Waals surface area contributed by atoms with Crippen LogP contribution in [0.2, 0.25) is 0 Å². The topological polar surface area (TPSA) is 89.5 Å². The number of hydrogen-bond donors (Lipinski definition) is 2. The Balaban J connectivity index is 0.904. The van der Waals surface area contributed by atoms with E-state index in [1.165, 1.54) is 16.0 Å². The minimum Gasteiger partial charge on any atom is -0.389 e. The van der Waals surface area contributed by atoms with E-state index in [1.807, 2.05) is 6.07 Å². The van der Waals surface area contributed by atoms with E-state index >= 15 is 0 Å². The van der Waals surface area contributed by atoms with Gasteiger partial charge < -0.3 is 10.0 Å². The number of piperidine rings is 1. The molecule has 2 aromatic rings. The van der Waals surface area contributed by atoms with E-state index in [1.54, 1.807) is 0 Å². The van der Waals surface area contributed by atoms with Crippen LogP contribution in [0.1, 0.15) is 63.0 Å². The van der Waals surface area contributed by atoms with Gasteiger partial charge in [-0.1, -0.05) is 24.6 Å². The standard InChI is InChI=1S/C31H38F2N4O3/c32-31(33)14-24(31)30(40)13-20-12-22(30)26-25(20)28(38)37(29(26)39)16-19-5-3-4-18(19)15-36-10-8-17(9-11-36)27-21-6-1-2-7-23(21)34-35-27/h1-2,6-7,17-20,22,24-26,40H,3-5,8-16H2,(H,34,35)/t18-,19-,20?,22?,24?,25?,26?,30?/m1/s1. The van der Waals surface area contributed by atoms with Crippen molar-refractivity contribution in [2.45, 2.75) is 68.8 Å². The maximum absolute atomic E-state index is 13.9. The first-order chi connectivity index (χ1) is 19.2. The number of benzene rings is 1. The molecule has 1 aromatic carbocycles. The van der Waals surface area contributed by atoms with Crippen LogP contribution in [0, 0.1) is 41.4 Å². The molecule has 2 bridgehead atoms. The lowest BCUT2D eigenvalue weighted by atomic mass is 9.70. The maximum Gasteiger partial charge on any atom is 0.254 e. The number of imide groups is 1. The van der Waals surface area contributed by atoms with E-state index in [4.69, 9.17) is 0 Å². The summed E-state index contributed by atoms with van der Waals surface area (Å²) in [5.41, 5.74) is 0.773. The van der Waals surface area contributed by atoms with E-state index in [0.29, 0.717) is 24.8 Å². The van der Waals surface area contributed by atoms with Crippen molar-refractivity contribution in [1.82, 2.24) is 20.0 Å². The van der Waals surface area contributed by atoms with Crippen LogP contribution in [0.5, 0.6) is 0 Å². The number of nitrogens with one attached hydrogen (secondary N) is 1. The lowest BCUT2D eigenvalue weighted by Gasteiger charge is -2.37. The van der Waals surface area contributed by atoms with Gasteiger partial charge in [0.15, 0.2) is 0 Å². The van der Waals surface area contributed by atoms with Gasteiger partial charge in [-0.2, -0.15) is 5.10 Å². The van der Waals surface area contributed by atoms with Crippen molar-refractivity contribution in [3.8, 4) is 0 Å². The minimum atomic E-state index is -2.84. The lowest BCUT2D eigenvalue weighted by Crippen LogP contribution is -2.47. The molecule has 0 spiro atoms. The van der Waals surface area contributed by atoms with Crippen molar-refractivity contribution in [1.29, 1.82) is 0 Å². The van der Waals surface area contributed by atoms with E-state index in [0.717, 1.165) is 57.3 Å². The molecule has 0 radical (unpaired) electrons. The SMILES string of the molecule is O=C1C2C3CC(C2C(=O)N1C[C@H]1CCC[C@@H]1CN1CCC(c2n[nH]c4ccccc24)CC1)C(O)(C1CC1(F)F)C3. The number of amides is 2. The van der Waals surface area contributed by atoms with Gasteiger partial charge >= 0.3 is 0 Å². The van der Waals surface area contributed by atoms with Gasteiger partial charge in [0.1, 0.15) is 0 Å². The van der Waals surface area contributed by atoms with Crippen LogP contribution < -0.4 is 0 Å². The number of alkyl halides is 2. The summed E-state index contributed by atoms with van der Waals surface area (Å²) in [5.74, 6) is -4.69. The van der Waals surface area contributed by atoms with Crippen LogP contribution >= 0.6 is 0 Å². The van der Waals surface area contributed by atoms with Crippen LogP contribution in [0.3, 0.4) is 0 Å². The summed E-state index contributed by atoms with van der Waals surface area (Å²) in [6.45, 7) is 3.48. The van der Waals surface area contributed by atoms with Gasteiger partial charge in [-0.25, -0.2) is 8.78 Å². The summed E-state index contributed by atoms with van der Waals surface area (Å²) in [6, 6.07) is 8.31. The zero-order valence-electron chi connectivity index (χ0n) is 22.8. The Morgan fingerprint density at radius 1 is 0.975 bits per heavy atom. The molecule has 2 amide bonds. The predicted molar refractivity (Wildman–Crippen MR) is 143 cm³/mol. The van der Waals surface area contributed by atoms with E-state index in [2.05, 4.69) is 33.3 Å². The number of aliphatic hydroxyl groups is 1. The largest absolute Gasteiger partial charge is 0.389 e. The Bertz CT molecular complexity index is 1360. The first-order valence-corrected chi connectivity index (χ1v) is 15.4. The molecule has 2 saturated heterocycles. The van der Waals surface area contributed by atoms with E-state index in [-0.39, 0.29) is 36.5 Å². The summed E-state index contributed by atoms with van der Waals surface area (Å²) in [6.07, 6.45) is 5.85. The Hall–Kier alpha value is -2.39. The first-order valence-electron chi connectivity index (χ1n) is 15.4. The number of fused-ring (bicyclic) bond motifs is 6. The van der Waals surface area contributed by atoms with Crippen molar-refractivity contribution in [3.63, 3.8) is 0 Å². The van der Waals surface area contributed by atoms with Crippen molar-refractivity contribution >= 4 is 22.7 Å². The fourth-order valence-electron chi connectivity index (χ4n) is 9.79. The third kappa shape index (κ3) is 3.68. The van der Waals surface area contributed by atoms with Crippen LogP contribution in [0.15, 0.2) is 24.3 Å². The number of halogens is 2. The Morgan fingerprint density at radius 3 is 2.42 bits per heavy atom. The summed E-state index contributed by atoms with van der Waals surface area (Å²) in [7, 11) is 0. The summed E-state index contributed by atoms with van der Waals surface area (Å²) in [5, 5.41) is 20.3. The molecule has 7 nitrogen and oxygen atoms in total. The summed E-state index contributed by atoms with van der Waals surface area (Å²) >= 11 is 0. The zero-order chi connectivity index (χ0) is 27.4. The number of para-hydroxylation sites is 1. The molecule has 40 heavy (non-hydrogen) atoms. The molecule has 6 aliphatic rings. The van der Waals surface area contributed by atoms with Gasteiger partial charge in [0.25, 0.3) is 5.92 Å². The highest BCUT2D eigenvalue weighted by molar-refractivity contribution is 6.06. The molecule has 9 heteroatoms. The van der Waals surface area contributed by atoms with Crippen molar-refractivity contribution < 1.29 is 23.5 Å². The molecule has 2 aliphatic heterocycles. The highest BCUT2D eigenvalue weighted by Crippen LogP contribution is 2.68. The Morgan fingerprint density at radius 2 is 1.68 bits per heavy atom. The highest BCUT2D eigenvalue weighted by atomic mass is 19.3. The molecule has 1 aromatic heterocycles. The molecule has 214 valence electrons. The second kappa shape index (κ2) is 8.81. The van der Waals surface area contributed by atoms with Crippen LogP contribution in [0.25, 0.3) is 10.9 Å². The molecule has 4 saturated carbocycles. The summed E-state index contributed by atoms with van der Waals surface area (Å²) < 4.78 is 27.9. The normalized spacial score (nSPS) is 41.0. The molecule has 6 fully saturated rings. The first kappa shape index (κ1) is 25.3. The molecule has 8 rings (SSSR count). The van der Waals surface area contributed by atoms with Gasteiger partial charge in [0.2, 0.25) is 11.8 Å². The van der Waals surface area contributed by atoms with Gasteiger partial charge in [-0.3, -0.25) is 19.6 Å². The summed E-state index contributed by atoms with van der Waals surface area (Å²) in [4.78, 5) is 31.1. The van der Waals surface area contributed by atoms with Crippen molar-refractivity contribution in [2.24, 2.45) is 41.4 Å². The van der Waals surface area contributed by atoms with Crippen molar-refractivity contribution in [2.75, 3.05) is 26.2 Å². The quantitative estimate of drug-likeness (QED) is 0.525. The molecule has 4 aliphatic carbocycles. The molecular weight excluding hydrogens is 514 g/mol. The molecular formula is C31H38F2N4O3. The molecule has 3 heterocycles. The molecule has 6 unspecified atom stereocenters. The highest BCUT2D eigenvalue weighted by Gasteiger charge is 2.76. The number of aromatic nitrogens is 2. The van der Waals surface area contributed by atoms with Gasteiger partial charge in [0, 0.05) is 36.7 Å². The number of nitrogens with zero attached hydrogens (tertiary/aromatic N) is 3. The number of rotatable bonds is 6. The maximum atomic E-state index is 13.9. The van der Waals surface area contributed by atoms with Gasteiger partial charge in [0.05, 0.1) is 34.6 Å². The third-order valence-corrected chi connectivity index (χ3v) is 11.8. The average Bonchev–Trinajstić information content (AvgIpc) is 3.51. The van der Waals surface area contributed by atoms with Gasteiger partial charge in [-0.15, -0.1) is 0 Å². The minimum absolute atomic E-state index is 0.107. The molecule has 2 N–H and O–H groups in total. The second-order valence-electron chi connectivity index (χ2n) is 13.8. The Labute approximate surface area is 232 Å². The van der Waals surface area contributed by atoms with Crippen molar-refractivity contribution in [3.05, 3.63) is 30.0 Å². The number of likely N-dealkylation sites (tertiary alicyclic amines) is 2. The molecule has 8 atom stereocenters. The lowest BCUT2D eigenvalue weighted by molar-refractivity contribution is -0.143. The average molecular weight is 553 g/mol. The number of carbonyl (C=O) groups is 2. The monoisotopic (exact) mass is 552 g/mol. The van der Waals surface area contributed by atoms with E-state index < -0.39 is 35.2 Å². The van der Waals surface area contributed by atoms with Crippen LogP contribution in [-0.4, -0.2) is 74.6 Å². The fraction of sp³-hybridized carbons (Fsp3) is 0.710. The van der Waals surface area contributed by atoms with Gasteiger partial charge in [-0.05, 0) is 75.4 Å². The predicted octanol–water partition coefficient (Wildman–Crippen LogP) is 4.19. The van der Waals surface area contributed by atoms with Crippen LogP contribution in [-0.2, 0) is 9.59 Å². The second-order valence-corrected chi connectivity index (χ2v) is 13.8. The number of hydrogen-bond acceptors (Lipinski definition) is 5. The fourth-order valence-corrected chi connectivity index (χ4v) is 9.79. The third-order valence-electron chi connectivity index (χ3n) is 11.8. The Kier molecular flexibility index (Phi) is 5.58.